The van der Waals surface area contributed by atoms with Crippen LogP contribution in [0.4, 0.5) is 5.82 Å². The Morgan fingerprint density at radius 3 is 2.88 bits per heavy atom. The summed E-state index contributed by atoms with van der Waals surface area (Å²) in [5.41, 5.74) is 0.00753. The van der Waals surface area contributed by atoms with Crippen molar-refractivity contribution in [3.63, 3.8) is 0 Å². The second-order valence-electron chi connectivity index (χ2n) is 4.35. The molecule has 1 fully saturated rings. The van der Waals surface area contributed by atoms with Crippen molar-refractivity contribution in [2.24, 2.45) is 5.92 Å². The fourth-order valence-corrected chi connectivity index (χ4v) is 1.85. The number of aliphatic hydroxyl groups excluding tert-OH is 1. The minimum atomic E-state index is -1.05. The zero-order valence-electron chi connectivity index (χ0n) is 9.47. The van der Waals surface area contributed by atoms with E-state index in [0.717, 1.165) is 12.8 Å². The predicted octanol–water partition coefficient (Wildman–Crippen LogP) is 1.35. The summed E-state index contributed by atoms with van der Waals surface area (Å²) < 4.78 is 0. The van der Waals surface area contributed by atoms with Gasteiger partial charge in [0, 0.05) is 6.54 Å². The highest BCUT2D eigenvalue weighted by molar-refractivity contribution is 5.85. The van der Waals surface area contributed by atoms with Crippen molar-refractivity contribution >= 4 is 11.8 Å². The van der Waals surface area contributed by atoms with Crippen LogP contribution in [0.2, 0.25) is 0 Å². The van der Waals surface area contributed by atoms with Crippen molar-refractivity contribution in [2.45, 2.75) is 25.4 Å². The molecule has 1 heterocycles. The van der Waals surface area contributed by atoms with Crippen molar-refractivity contribution in [2.75, 3.05) is 11.9 Å². The SMILES string of the molecule is O=C(O)c1cccc(NCC(O)C2CCC2)n1. The maximum Gasteiger partial charge on any atom is 0.354 e. The maximum absolute atomic E-state index is 10.7. The molecule has 0 aromatic carbocycles. The van der Waals surface area contributed by atoms with E-state index in [-0.39, 0.29) is 11.8 Å². The van der Waals surface area contributed by atoms with Gasteiger partial charge in [0.2, 0.25) is 0 Å². The van der Waals surface area contributed by atoms with Crippen molar-refractivity contribution in [1.29, 1.82) is 0 Å². The van der Waals surface area contributed by atoms with Crippen molar-refractivity contribution < 1.29 is 15.0 Å². The molecule has 92 valence electrons. The normalized spacial score (nSPS) is 17.2. The number of rotatable bonds is 5. The average molecular weight is 236 g/mol. The predicted molar refractivity (Wildman–Crippen MR) is 63.0 cm³/mol. The third-order valence-corrected chi connectivity index (χ3v) is 3.15. The zero-order chi connectivity index (χ0) is 12.3. The summed E-state index contributed by atoms with van der Waals surface area (Å²) in [6.07, 6.45) is 2.96. The molecule has 2 rings (SSSR count). The third kappa shape index (κ3) is 2.94. The van der Waals surface area contributed by atoms with E-state index in [4.69, 9.17) is 5.11 Å². The van der Waals surface area contributed by atoms with E-state index in [1.807, 2.05) is 0 Å². The third-order valence-electron chi connectivity index (χ3n) is 3.15. The zero-order valence-corrected chi connectivity index (χ0v) is 9.47. The van der Waals surface area contributed by atoms with Crippen LogP contribution in [0.15, 0.2) is 18.2 Å². The molecule has 0 radical (unpaired) electrons. The molecule has 1 unspecified atom stereocenters. The van der Waals surface area contributed by atoms with Crippen molar-refractivity contribution in [3.05, 3.63) is 23.9 Å². The summed E-state index contributed by atoms with van der Waals surface area (Å²) in [6, 6.07) is 4.77. The highest BCUT2D eigenvalue weighted by Crippen LogP contribution is 2.29. The van der Waals surface area contributed by atoms with Crippen LogP contribution in [-0.4, -0.2) is 33.8 Å². The lowest BCUT2D eigenvalue weighted by Crippen LogP contribution is -2.32. The quantitative estimate of drug-likeness (QED) is 0.719. The minimum Gasteiger partial charge on any atom is -0.477 e. The second-order valence-corrected chi connectivity index (χ2v) is 4.35. The highest BCUT2D eigenvalue weighted by Gasteiger charge is 2.25. The van der Waals surface area contributed by atoms with Gasteiger partial charge in [-0.2, -0.15) is 0 Å². The van der Waals surface area contributed by atoms with Crippen LogP contribution in [-0.2, 0) is 0 Å². The number of aliphatic hydroxyl groups is 1. The molecule has 1 saturated carbocycles. The van der Waals surface area contributed by atoms with Gasteiger partial charge in [-0.05, 0) is 30.9 Å². The lowest BCUT2D eigenvalue weighted by atomic mass is 9.81. The number of aromatic carboxylic acids is 1. The molecule has 1 aliphatic carbocycles. The van der Waals surface area contributed by atoms with Gasteiger partial charge in [0.25, 0.3) is 0 Å². The van der Waals surface area contributed by atoms with Gasteiger partial charge in [-0.15, -0.1) is 0 Å². The average Bonchev–Trinajstić information content (AvgIpc) is 2.24. The van der Waals surface area contributed by atoms with Gasteiger partial charge in [0.1, 0.15) is 5.82 Å². The molecular weight excluding hydrogens is 220 g/mol. The monoisotopic (exact) mass is 236 g/mol. The smallest absolute Gasteiger partial charge is 0.354 e. The molecule has 0 aliphatic heterocycles. The van der Waals surface area contributed by atoms with E-state index in [9.17, 15) is 9.90 Å². The fourth-order valence-electron chi connectivity index (χ4n) is 1.85. The molecule has 3 N–H and O–H groups in total. The first-order valence-corrected chi connectivity index (χ1v) is 5.79. The lowest BCUT2D eigenvalue weighted by Gasteiger charge is -2.30. The highest BCUT2D eigenvalue weighted by atomic mass is 16.4. The summed E-state index contributed by atoms with van der Waals surface area (Å²) in [4.78, 5) is 14.6. The van der Waals surface area contributed by atoms with E-state index in [1.165, 1.54) is 12.5 Å². The maximum atomic E-state index is 10.7. The molecule has 0 saturated heterocycles. The van der Waals surface area contributed by atoms with Gasteiger partial charge in [-0.3, -0.25) is 0 Å². The van der Waals surface area contributed by atoms with Gasteiger partial charge < -0.3 is 15.5 Å². The molecule has 5 nitrogen and oxygen atoms in total. The molecular formula is C12H16N2O3. The first-order chi connectivity index (χ1) is 8.16. The summed E-state index contributed by atoms with van der Waals surface area (Å²) in [5, 5.41) is 21.5. The molecule has 1 aliphatic rings. The Bertz CT molecular complexity index is 404. The topological polar surface area (TPSA) is 82.5 Å². The molecule has 17 heavy (non-hydrogen) atoms. The standard InChI is InChI=1S/C12H16N2O3/c15-10(8-3-1-4-8)7-13-11-6-2-5-9(14-11)12(16)17/h2,5-6,8,10,15H,1,3-4,7H2,(H,13,14)(H,16,17). The number of anilines is 1. The van der Waals surface area contributed by atoms with Gasteiger partial charge in [0.05, 0.1) is 6.10 Å². The molecule has 1 atom stereocenters. The van der Waals surface area contributed by atoms with Crippen molar-refractivity contribution in [3.8, 4) is 0 Å². The van der Waals surface area contributed by atoms with Gasteiger partial charge >= 0.3 is 5.97 Å². The number of nitrogens with one attached hydrogen (secondary N) is 1. The largest absolute Gasteiger partial charge is 0.477 e. The Balaban J connectivity index is 1.89. The number of carboxylic acid groups (broad SMARTS) is 1. The van der Waals surface area contributed by atoms with Crippen LogP contribution in [0.5, 0.6) is 0 Å². The van der Waals surface area contributed by atoms with E-state index >= 15 is 0 Å². The number of aromatic nitrogens is 1. The molecule has 0 bridgehead atoms. The lowest BCUT2D eigenvalue weighted by molar-refractivity contribution is 0.0690. The molecule has 5 heteroatoms. The Morgan fingerprint density at radius 2 is 2.29 bits per heavy atom. The van der Waals surface area contributed by atoms with E-state index in [0.29, 0.717) is 18.3 Å². The Hall–Kier alpha value is -1.62. The molecule has 1 aromatic heterocycles. The number of carbonyl (C=O) groups is 1. The number of pyridine rings is 1. The summed E-state index contributed by atoms with van der Waals surface area (Å²) in [5.74, 6) is -0.179. The summed E-state index contributed by atoms with van der Waals surface area (Å²) in [7, 11) is 0. The Labute approximate surface area is 99.5 Å². The van der Waals surface area contributed by atoms with Crippen LogP contribution in [0.25, 0.3) is 0 Å². The summed E-state index contributed by atoms with van der Waals surface area (Å²) >= 11 is 0. The first kappa shape index (κ1) is 11.9. The van der Waals surface area contributed by atoms with E-state index in [1.54, 1.807) is 12.1 Å². The van der Waals surface area contributed by atoms with E-state index < -0.39 is 5.97 Å². The fraction of sp³-hybridized carbons (Fsp3) is 0.500. The first-order valence-electron chi connectivity index (χ1n) is 5.79. The van der Waals surface area contributed by atoms with Gasteiger partial charge in [-0.25, -0.2) is 9.78 Å². The molecule has 1 aromatic rings. The molecule has 0 amide bonds. The Morgan fingerprint density at radius 1 is 1.53 bits per heavy atom. The minimum absolute atomic E-state index is 0.00753. The number of hydrogen-bond acceptors (Lipinski definition) is 4. The molecule has 0 spiro atoms. The van der Waals surface area contributed by atoms with Crippen molar-refractivity contribution in [1.82, 2.24) is 4.98 Å². The number of carboxylic acids is 1. The van der Waals surface area contributed by atoms with E-state index in [2.05, 4.69) is 10.3 Å². The van der Waals surface area contributed by atoms with Gasteiger partial charge in [-0.1, -0.05) is 12.5 Å². The van der Waals surface area contributed by atoms with Crippen LogP contribution in [0.3, 0.4) is 0 Å². The van der Waals surface area contributed by atoms with Crippen LogP contribution < -0.4 is 5.32 Å². The van der Waals surface area contributed by atoms with Gasteiger partial charge in [0.15, 0.2) is 5.69 Å². The van der Waals surface area contributed by atoms with Crippen LogP contribution >= 0.6 is 0 Å². The second kappa shape index (κ2) is 5.14. The van der Waals surface area contributed by atoms with Crippen LogP contribution in [0.1, 0.15) is 29.8 Å². The number of nitrogens with zero attached hydrogens (tertiary/aromatic N) is 1. The summed E-state index contributed by atoms with van der Waals surface area (Å²) in [6.45, 7) is 0.417. The number of hydrogen-bond donors (Lipinski definition) is 3. The Kier molecular flexibility index (Phi) is 3.58. The van der Waals surface area contributed by atoms with Crippen LogP contribution in [0, 0.1) is 5.92 Å².